The molecule has 1 aromatic heterocycles. The van der Waals surface area contributed by atoms with Crippen molar-refractivity contribution in [3.05, 3.63) is 131 Å². The predicted octanol–water partition coefficient (Wildman–Crippen LogP) is 12.7. The first-order valence-electron chi connectivity index (χ1n) is 20.7. The summed E-state index contributed by atoms with van der Waals surface area (Å²) >= 11 is 0. The van der Waals surface area contributed by atoms with Gasteiger partial charge in [0.15, 0.2) is 0 Å². The highest BCUT2D eigenvalue weighted by Crippen LogP contribution is 2.36. The minimum atomic E-state index is 0.126. The Hall–Kier alpha value is -5.91. The summed E-state index contributed by atoms with van der Waals surface area (Å²) in [5, 5.41) is 26.7. The Morgan fingerprint density at radius 1 is 0.759 bits per heavy atom. The summed E-state index contributed by atoms with van der Waals surface area (Å²) in [5.41, 5.74) is 13.7. The predicted molar refractivity (Wildman–Crippen MR) is 245 cm³/mol. The molecule has 8 nitrogen and oxygen atoms in total. The van der Waals surface area contributed by atoms with E-state index in [4.69, 9.17) is 26.0 Å². The molecule has 3 aromatic carbocycles. The second-order valence-electron chi connectivity index (χ2n) is 14.6. The molecular formula is C50H62N6O2. The molecule has 8 heteroatoms. The van der Waals surface area contributed by atoms with Crippen molar-refractivity contribution >= 4 is 46.2 Å². The lowest BCUT2D eigenvalue weighted by molar-refractivity contribution is 0.415. The molecule has 1 atom stereocenters. The quantitative estimate of drug-likeness (QED) is 0.0497. The summed E-state index contributed by atoms with van der Waals surface area (Å²) in [6.07, 6.45) is 19.4. The molecule has 1 aliphatic rings. The van der Waals surface area contributed by atoms with Gasteiger partial charge in [0.05, 0.1) is 37.4 Å². The molecule has 0 saturated heterocycles. The van der Waals surface area contributed by atoms with E-state index in [2.05, 4.69) is 78.8 Å². The SMILES string of the molecule is CCCCC(CC)CN.CCCCCCn1c(/C=C/c2ccc(N(c3ccc(OC)cc3)c3ccc(OC)cc3)cc2)ccc1C1=CC=C(/C=C(/C)C#N)C(=N)C1=N. The molecular weight excluding hydrogens is 717 g/mol. The average molecular weight is 779 g/mol. The van der Waals surface area contributed by atoms with Gasteiger partial charge in [-0.05, 0) is 129 Å². The third kappa shape index (κ3) is 12.3. The average Bonchev–Trinajstić information content (AvgIpc) is 3.66. The molecule has 1 aliphatic carbocycles. The number of aromatic nitrogens is 1. The Morgan fingerprint density at radius 2 is 1.34 bits per heavy atom. The Morgan fingerprint density at radius 3 is 1.86 bits per heavy atom. The second-order valence-corrected chi connectivity index (χ2v) is 14.6. The number of unbranched alkanes of at least 4 members (excludes halogenated alkanes) is 4. The van der Waals surface area contributed by atoms with Gasteiger partial charge < -0.3 is 24.7 Å². The van der Waals surface area contributed by atoms with Gasteiger partial charge in [-0.2, -0.15) is 5.26 Å². The number of nitrogens with zero attached hydrogens (tertiary/aromatic N) is 3. The van der Waals surface area contributed by atoms with Crippen LogP contribution in [0.4, 0.5) is 17.1 Å². The highest BCUT2D eigenvalue weighted by Gasteiger charge is 2.22. The van der Waals surface area contributed by atoms with Gasteiger partial charge in [-0.1, -0.05) is 83.6 Å². The topological polar surface area (TPSA) is 124 Å². The Labute approximate surface area is 347 Å². The molecule has 304 valence electrons. The number of methoxy groups -OCH3 is 2. The molecule has 58 heavy (non-hydrogen) atoms. The van der Waals surface area contributed by atoms with Gasteiger partial charge in [0.1, 0.15) is 11.5 Å². The van der Waals surface area contributed by atoms with E-state index in [0.29, 0.717) is 16.7 Å². The van der Waals surface area contributed by atoms with Crippen LogP contribution in [-0.4, -0.2) is 36.8 Å². The van der Waals surface area contributed by atoms with Gasteiger partial charge in [-0.3, -0.25) is 10.8 Å². The zero-order valence-electron chi connectivity index (χ0n) is 35.4. The maximum Gasteiger partial charge on any atom is 0.119 e. The van der Waals surface area contributed by atoms with Gasteiger partial charge >= 0.3 is 0 Å². The summed E-state index contributed by atoms with van der Waals surface area (Å²) in [5.74, 6) is 2.39. The molecule has 0 fully saturated rings. The molecule has 0 saturated carbocycles. The minimum Gasteiger partial charge on any atom is -0.497 e. The van der Waals surface area contributed by atoms with Gasteiger partial charge in [0.2, 0.25) is 0 Å². The second kappa shape index (κ2) is 23.4. The van der Waals surface area contributed by atoms with E-state index in [1.807, 2.05) is 66.7 Å². The van der Waals surface area contributed by atoms with Crippen LogP contribution < -0.4 is 20.1 Å². The van der Waals surface area contributed by atoms with Crippen molar-refractivity contribution in [2.24, 2.45) is 11.7 Å². The summed E-state index contributed by atoms with van der Waals surface area (Å²) in [7, 11) is 3.34. The summed E-state index contributed by atoms with van der Waals surface area (Å²) in [6, 6.07) is 30.8. The number of rotatable bonds is 19. The fourth-order valence-corrected chi connectivity index (χ4v) is 6.84. The fourth-order valence-electron chi connectivity index (χ4n) is 6.84. The lowest BCUT2D eigenvalue weighted by Crippen LogP contribution is -2.20. The standard InChI is InChI=1S/C42H43N5O2.C8H19N/c1-5-6-7-8-27-46-33(20-26-40(46)39-25-12-32(28-30(2)29-43)41(44)42(39)45)13-9-31-10-14-34(15-11-31)47(35-16-21-37(48-3)22-17-35)36-18-23-38(49-4)24-19-36;1-3-5-6-8(4-2)7-9/h9-26,28,44-45H,5-8,27H2,1-4H3;8H,3-7,9H2,1-2H3/b13-9+,30-28-,44-41?,45-42?;. The highest BCUT2D eigenvalue weighted by atomic mass is 16.5. The number of hydrogen-bond acceptors (Lipinski definition) is 7. The number of hydrogen-bond donors (Lipinski definition) is 3. The molecule has 4 aromatic rings. The largest absolute Gasteiger partial charge is 0.497 e. The smallest absolute Gasteiger partial charge is 0.119 e. The van der Waals surface area contributed by atoms with Crippen LogP contribution in [0, 0.1) is 28.1 Å². The van der Waals surface area contributed by atoms with Crippen molar-refractivity contribution in [3.8, 4) is 17.6 Å². The van der Waals surface area contributed by atoms with Crippen LogP contribution in [0.25, 0.3) is 17.7 Å². The monoisotopic (exact) mass is 778 g/mol. The maximum atomic E-state index is 9.20. The third-order valence-corrected chi connectivity index (χ3v) is 10.4. The maximum absolute atomic E-state index is 9.20. The van der Waals surface area contributed by atoms with E-state index < -0.39 is 0 Å². The van der Waals surface area contributed by atoms with Gasteiger partial charge in [-0.25, -0.2) is 0 Å². The highest BCUT2D eigenvalue weighted by molar-refractivity contribution is 6.61. The fraction of sp³-hybridized carbons (Fsp3) is 0.340. The van der Waals surface area contributed by atoms with E-state index in [-0.39, 0.29) is 11.4 Å². The Kier molecular flexibility index (Phi) is 18.0. The normalized spacial score (nSPS) is 13.3. The zero-order valence-corrected chi connectivity index (χ0v) is 35.4. The van der Waals surface area contributed by atoms with E-state index in [0.717, 1.165) is 83.8 Å². The van der Waals surface area contributed by atoms with Gasteiger partial charge in [-0.15, -0.1) is 0 Å². The van der Waals surface area contributed by atoms with E-state index >= 15 is 0 Å². The molecule has 4 N–H and O–H groups in total. The lowest BCUT2D eigenvalue weighted by atomic mass is 9.91. The van der Waals surface area contributed by atoms with Crippen LogP contribution in [0.15, 0.2) is 114 Å². The van der Waals surface area contributed by atoms with Crippen molar-refractivity contribution in [3.63, 3.8) is 0 Å². The number of ether oxygens (including phenoxy) is 2. The van der Waals surface area contributed by atoms with E-state index in [1.165, 1.54) is 32.1 Å². The third-order valence-electron chi connectivity index (χ3n) is 10.4. The van der Waals surface area contributed by atoms with Crippen molar-refractivity contribution in [1.29, 1.82) is 16.1 Å². The van der Waals surface area contributed by atoms with Crippen molar-refractivity contribution < 1.29 is 9.47 Å². The molecule has 0 bridgehead atoms. The van der Waals surface area contributed by atoms with Crippen LogP contribution in [0.5, 0.6) is 11.5 Å². The van der Waals surface area contributed by atoms with Crippen molar-refractivity contribution in [2.45, 2.75) is 85.6 Å². The molecule has 0 spiro atoms. The number of allylic oxidation sites excluding steroid dienone is 6. The van der Waals surface area contributed by atoms with E-state index in [9.17, 15) is 5.26 Å². The first kappa shape index (κ1) is 44.8. The molecule has 0 radical (unpaired) electrons. The first-order chi connectivity index (χ1) is 28.2. The molecule has 1 heterocycles. The Balaban J connectivity index is 0.000000738. The summed E-state index contributed by atoms with van der Waals surface area (Å²) in [6.45, 7) is 10.1. The van der Waals surface area contributed by atoms with Crippen LogP contribution in [-0.2, 0) is 6.54 Å². The molecule has 0 aliphatic heterocycles. The number of nitriles is 1. The number of nitrogens with one attached hydrogen (secondary N) is 2. The molecule has 1 unspecified atom stereocenters. The summed E-state index contributed by atoms with van der Waals surface area (Å²) in [4.78, 5) is 2.20. The van der Waals surface area contributed by atoms with Crippen LogP contribution in [0.2, 0.25) is 0 Å². The molecule has 0 amide bonds. The van der Waals surface area contributed by atoms with Crippen molar-refractivity contribution in [2.75, 3.05) is 25.7 Å². The van der Waals surface area contributed by atoms with Gasteiger partial charge in [0.25, 0.3) is 0 Å². The van der Waals surface area contributed by atoms with Crippen LogP contribution >= 0.6 is 0 Å². The van der Waals surface area contributed by atoms with Crippen molar-refractivity contribution in [1.82, 2.24) is 4.57 Å². The first-order valence-corrected chi connectivity index (χ1v) is 20.7. The van der Waals surface area contributed by atoms with Crippen LogP contribution in [0.3, 0.4) is 0 Å². The zero-order chi connectivity index (χ0) is 41.9. The number of benzene rings is 3. The number of anilines is 3. The van der Waals surface area contributed by atoms with Crippen LogP contribution in [0.1, 0.15) is 96.0 Å². The number of nitrogens with two attached hydrogens (primary N) is 1. The minimum absolute atomic E-state index is 0.126. The lowest BCUT2D eigenvalue weighted by Gasteiger charge is -2.26. The van der Waals surface area contributed by atoms with E-state index in [1.54, 1.807) is 27.2 Å². The Bertz CT molecular complexity index is 2040. The molecule has 5 rings (SSSR count). The summed E-state index contributed by atoms with van der Waals surface area (Å²) < 4.78 is 13.1. The van der Waals surface area contributed by atoms with Gasteiger partial charge in [0, 0.05) is 46.0 Å².